The van der Waals surface area contributed by atoms with Crippen molar-refractivity contribution in [3.8, 4) is 22.8 Å². The summed E-state index contributed by atoms with van der Waals surface area (Å²) in [5, 5.41) is 4.35. The quantitative estimate of drug-likeness (QED) is 0.644. The van der Waals surface area contributed by atoms with Crippen LogP contribution >= 0.6 is 0 Å². The molecule has 3 aromatic rings. The molecule has 1 aliphatic rings. The second-order valence-corrected chi connectivity index (χ2v) is 7.52. The van der Waals surface area contributed by atoms with Gasteiger partial charge in [-0.1, -0.05) is 19.1 Å². The highest BCUT2D eigenvalue weighted by atomic mass is 16.5. The fourth-order valence-electron chi connectivity index (χ4n) is 3.63. The summed E-state index contributed by atoms with van der Waals surface area (Å²) in [5.41, 5.74) is 1.79. The summed E-state index contributed by atoms with van der Waals surface area (Å²) in [6.45, 7) is 6.77. The third kappa shape index (κ3) is 4.18. The predicted octanol–water partition coefficient (Wildman–Crippen LogP) is 3.39. The minimum absolute atomic E-state index is 0.0410. The molecule has 0 N–H and O–H groups in total. The van der Waals surface area contributed by atoms with Crippen molar-refractivity contribution in [1.82, 2.24) is 24.2 Å². The molecule has 7 heteroatoms. The van der Waals surface area contributed by atoms with Gasteiger partial charge in [-0.2, -0.15) is 5.10 Å². The summed E-state index contributed by atoms with van der Waals surface area (Å²) >= 11 is 0. The number of ether oxygens (including phenoxy) is 1. The lowest BCUT2D eigenvalue weighted by molar-refractivity contribution is -0.134. The molecule has 1 saturated heterocycles. The van der Waals surface area contributed by atoms with Crippen molar-refractivity contribution in [1.29, 1.82) is 0 Å². The molecule has 0 aliphatic carbocycles. The van der Waals surface area contributed by atoms with Crippen molar-refractivity contribution in [3.05, 3.63) is 49.1 Å². The zero-order valence-corrected chi connectivity index (χ0v) is 17.0. The van der Waals surface area contributed by atoms with Gasteiger partial charge in [0.1, 0.15) is 11.6 Å². The highest BCUT2D eigenvalue weighted by molar-refractivity contribution is 5.78. The second-order valence-electron chi connectivity index (χ2n) is 7.52. The van der Waals surface area contributed by atoms with Gasteiger partial charge in [0.15, 0.2) is 6.61 Å². The van der Waals surface area contributed by atoms with Crippen LogP contribution in [0.5, 0.6) is 5.75 Å². The zero-order chi connectivity index (χ0) is 20.2. The Bertz CT molecular complexity index is 969. The summed E-state index contributed by atoms with van der Waals surface area (Å²) in [4.78, 5) is 19.0. The standard InChI is InChI=1S/C22H27N5O2/c1-3-26-15-18(14-24-26)27-13-10-23-22(27)19-6-4-5-7-20(19)29-16-21(28)25-11-8-17(2)9-12-25/h4-7,10,13-15,17H,3,8-9,11-12,16H2,1-2H3. The molecule has 3 heterocycles. The van der Waals surface area contributed by atoms with Gasteiger partial charge in [0.25, 0.3) is 5.91 Å². The maximum atomic E-state index is 12.6. The monoisotopic (exact) mass is 393 g/mol. The Balaban J connectivity index is 1.52. The van der Waals surface area contributed by atoms with Crippen molar-refractivity contribution in [3.63, 3.8) is 0 Å². The lowest BCUT2D eigenvalue weighted by atomic mass is 9.99. The molecule has 7 nitrogen and oxygen atoms in total. The Morgan fingerprint density at radius 2 is 2.03 bits per heavy atom. The average molecular weight is 393 g/mol. The smallest absolute Gasteiger partial charge is 0.260 e. The van der Waals surface area contributed by atoms with E-state index in [0.717, 1.165) is 49.6 Å². The Labute approximate surface area is 170 Å². The third-order valence-electron chi connectivity index (χ3n) is 5.48. The first-order valence-electron chi connectivity index (χ1n) is 10.2. The molecule has 2 aromatic heterocycles. The molecule has 0 radical (unpaired) electrons. The number of benzene rings is 1. The predicted molar refractivity (Wildman–Crippen MR) is 111 cm³/mol. The van der Waals surface area contributed by atoms with Crippen LogP contribution in [0.1, 0.15) is 26.7 Å². The minimum atomic E-state index is 0.0410. The van der Waals surface area contributed by atoms with Crippen LogP contribution in [0.2, 0.25) is 0 Å². The maximum Gasteiger partial charge on any atom is 0.260 e. The average Bonchev–Trinajstić information content (AvgIpc) is 3.42. The molecule has 1 aliphatic heterocycles. The summed E-state index contributed by atoms with van der Waals surface area (Å²) < 4.78 is 9.81. The largest absolute Gasteiger partial charge is 0.483 e. The molecule has 29 heavy (non-hydrogen) atoms. The second kappa shape index (κ2) is 8.51. The van der Waals surface area contributed by atoms with E-state index in [2.05, 4.69) is 23.9 Å². The SMILES string of the molecule is CCn1cc(-n2ccnc2-c2ccccc2OCC(=O)N2CCC(C)CC2)cn1. The van der Waals surface area contributed by atoms with Crippen LogP contribution in [-0.4, -0.2) is 49.8 Å². The van der Waals surface area contributed by atoms with Gasteiger partial charge in [-0.15, -0.1) is 0 Å². The molecule has 0 bridgehead atoms. The minimum Gasteiger partial charge on any atom is -0.483 e. The van der Waals surface area contributed by atoms with Crippen LogP contribution in [0.15, 0.2) is 49.1 Å². The number of amides is 1. The first-order valence-corrected chi connectivity index (χ1v) is 10.2. The van der Waals surface area contributed by atoms with Crippen LogP contribution in [0.25, 0.3) is 17.1 Å². The molecule has 1 amide bonds. The van der Waals surface area contributed by atoms with E-state index in [1.807, 2.05) is 57.0 Å². The highest BCUT2D eigenvalue weighted by Gasteiger charge is 2.21. The molecular formula is C22H27N5O2. The van der Waals surface area contributed by atoms with E-state index >= 15 is 0 Å². The lowest BCUT2D eigenvalue weighted by Crippen LogP contribution is -2.40. The molecule has 0 spiro atoms. The van der Waals surface area contributed by atoms with Gasteiger partial charge in [-0.3, -0.25) is 14.0 Å². The van der Waals surface area contributed by atoms with E-state index in [4.69, 9.17) is 4.74 Å². The maximum absolute atomic E-state index is 12.6. The number of carbonyl (C=O) groups excluding carboxylic acids is 1. The fraction of sp³-hybridized carbons (Fsp3) is 0.409. The number of piperidine rings is 1. The van der Waals surface area contributed by atoms with Gasteiger partial charge in [-0.05, 0) is 37.8 Å². The number of imidazole rings is 1. The van der Waals surface area contributed by atoms with E-state index in [9.17, 15) is 4.79 Å². The normalized spacial score (nSPS) is 14.9. The molecule has 4 rings (SSSR count). The Morgan fingerprint density at radius 3 is 2.79 bits per heavy atom. The molecule has 0 unspecified atom stereocenters. The molecule has 152 valence electrons. The Hall–Kier alpha value is -3.09. The number of rotatable bonds is 6. The van der Waals surface area contributed by atoms with Crippen molar-refractivity contribution in [2.45, 2.75) is 33.2 Å². The summed E-state index contributed by atoms with van der Waals surface area (Å²) in [6, 6.07) is 7.71. The van der Waals surface area contributed by atoms with Crippen molar-refractivity contribution in [2.75, 3.05) is 19.7 Å². The fourth-order valence-corrected chi connectivity index (χ4v) is 3.63. The topological polar surface area (TPSA) is 65.2 Å². The summed E-state index contributed by atoms with van der Waals surface area (Å²) in [5.74, 6) is 2.15. The van der Waals surface area contributed by atoms with Crippen molar-refractivity contribution in [2.24, 2.45) is 5.92 Å². The molecule has 1 aromatic carbocycles. The van der Waals surface area contributed by atoms with Crippen LogP contribution in [0.3, 0.4) is 0 Å². The van der Waals surface area contributed by atoms with Gasteiger partial charge in [0.2, 0.25) is 0 Å². The summed E-state index contributed by atoms with van der Waals surface area (Å²) in [6.07, 6.45) is 9.59. The van der Waals surface area contributed by atoms with E-state index in [0.29, 0.717) is 11.7 Å². The van der Waals surface area contributed by atoms with Crippen LogP contribution < -0.4 is 4.74 Å². The number of carbonyl (C=O) groups is 1. The van der Waals surface area contributed by atoms with Gasteiger partial charge in [0.05, 0.1) is 17.4 Å². The Morgan fingerprint density at radius 1 is 1.24 bits per heavy atom. The van der Waals surface area contributed by atoms with Crippen LogP contribution in [0.4, 0.5) is 0 Å². The number of likely N-dealkylation sites (tertiary alicyclic amines) is 1. The Kier molecular flexibility index (Phi) is 5.64. The molecule has 0 atom stereocenters. The van der Waals surface area contributed by atoms with Crippen molar-refractivity contribution >= 4 is 5.91 Å². The van der Waals surface area contributed by atoms with E-state index in [1.165, 1.54) is 0 Å². The number of para-hydroxylation sites is 1. The molecular weight excluding hydrogens is 366 g/mol. The molecule has 0 saturated carbocycles. The highest BCUT2D eigenvalue weighted by Crippen LogP contribution is 2.30. The van der Waals surface area contributed by atoms with E-state index < -0.39 is 0 Å². The van der Waals surface area contributed by atoms with Crippen molar-refractivity contribution < 1.29 is 9.53 Å². The number of hydrogen-bond acceptors (Lipinski definition) is 4. The van der Waals surface area contributed by atoms with Gasteiger partial charge < -0.3 is 9.64 Å². The number of aromatic nitrogens is 4. The van der Waals surface area contributed by atoms with E-state index in [1.54, 1.807) is 6.20 Å². The number of hydrogen-bond donors (Lipinski definition) is 0. The number of nitrogens with zero attached hydrogens (tertiary/aromatic N) is 5. The van der Waals surface area contributed by atoms with Gasteiger partial charge >= 0.3 is 0 Å². The number of aryl methyl sites for hydroxylation is 1. The first kappa shape index (κ1) is 19.2. The van der Waals surface area contributed by atoms with Crippen LogP contribution in [-0.2, 0) is 11.3 Å². The molecule has 1 fully saturated rings. The van der Waals surface area contributed by atoms with E-state index in [-0.39, 0.29) is 12.5 Å². The summed E-state index contributed by atoms with van der Waals surface area (Å²) in [7, 11) is 0. The zero-order valence-electron chi connectivity index (χ0n) is 17.0. The van der Waals surface area contributed by atoms with Crippen LogP contribution in [0, 0.1) is 5.92 Å². The van der Waals surface area contributed by atoms with Gasteiger partial charge in [0, 0.05) is 38.2 Å². The first-order chi connectivity index (χ1) is 14.2. The third-order valence-corrected chi connectivity index (χ3v) is 5.48. The lowest BCUT2D eigenvalue weighted by Gasteiger charge is -2.30. The van der Waals surface area contributed by atoms with Gasteiger partial charge in [-0.25, -0.2) is 4.98 Å².